The van der Waals surface area contributed by atoms with Gasteiger partial charge in [-0.05, 0) is 37.5 Å². The van der Waals surface area contributed by atoms with E-state index in [4.69, 9.17) is 11.6 Å². The maximum absolute atomic E-state index is 12.5. The van der Waals surface area contributed by atoms with Gasteiger partial charge < -0.3 is 0 Å². The Bertz CT molecular complexity index is 498. The van der Waals surface area contributed by atoms with Crippen LogP contribution >= 0.6 is 11.6 Å². The van der Waals surface area contributed by atoms with Crippen LogP contribution in [-0.4, -0.2) is 25.3 Å². The Morgan fingerprint density at radius 1 is 1.28 bits per heavy atom. The van der Waals surface area contributed by atoms with E-state index in [1.807, 2.05) is 6.92 Å². The highest BCUT2D eigenvalue weighted by atomic mass is 35.5. The Morgan fingerprint density at radius 3 is 2.50 bits per heavy atom. The van der Waals surface area contributed by atoms with Crippen molar-refractivity contribution in [2.45, 2.75) is 43.0 Å². The lowest BCUT2D eigenvalue weighted by Gasteiger charge is -2.32. The fraction of sp³-hybridized carbons (Fsp3) is 0.538. The summed E-state index contributed by atoms with van der Waals surface area (Å²) in [4.78, 5) is 0.366. The van der Waals surface area contributed by atoms with Crippen molar-refractivity contribution in [1.29, 1.82) is 0 Å². The number of alkyl halides is 1. The fourth-order valence-electron chi connectivity index (χ4n) is 2.31. The zero-order valence-corrected chi connectivity index (χ0v) is 12.0. The van der Waals surface area contributed by atoms with Crippen molar-refractivity contribution in [3.05, 3.63) is 29.8 Å². The van der Waals surface area contributed by atoms with Crippen LogP contribution in [0.15, 0.2) is 29.2 Å². The SMILES string of the molecule is CC1CCCCN1S(=O)(=O)c1ccc(CCl)cc1. The van der Waals surface area contributed by atoms with Gasteiger partial charge in [0, 0.05) is 18.5 Å². The summed E-state index contributed by atoms with van der Waals surface area (Å²) in [7, 11) is -3.35. The molecule has 3 nitrogen and oxygen atoms in total. The normalized spacial score (nSPS) is 22.0. The minimum absolute atomic E-state index is 0.0939. The van der Waals surface area contributed by atoms with Gasteiger partial charge in [0.1, 0.15) is 0 Å². The number of benzene rings is 1. The molecule has 1 aliphatic rings. The molecule has 100 valence electrons. The van der Waals surface area contributed by atoms with Crippen LogP contribution in [0, 0.1) is 0 Å². The Hall–Kier alpha value is -0.580. The number of halogens is 1. The molecule has 0 saturated carbocycles. The molecule has 0 N–H and O–H groups in total. The summed E-state index contributed by atoms with van der Waals surface area (Å²) in [6.45, 7) is 2.60. The highest BCUT2D eigenvalue weighted by Crippen LogP contribution is 2.25. The van der Waals surface area contributed by atoms with Gasteiger partial charge in [-0.1, -0.05) is 18.6 Å². The van der Waals surface area contributed by atoms with E-state index < -0.39 is 10.0 Å². The van der Waals surface area contributed by atoms with E-state index in [1.54, 1.807) is 28.6 Å². The molecular weight excluding hydrogens is 270 g/mol. The molecule has 1 fully saturated rings. The molecule has 1 aromatic rings. The Balaban J connectivity index is 2.28. The van der Waals surface area contributed by atoms with Gasteiger partial charge in [0.25, 0.3) is 0 Å². The zero-order chi connectivity index (χ0) is 13.2. The third kappa shape index (κ3) is 2.71. The van der Waals surface area contributed by atoms with Gasteiger partial charge in [-0.25, -0.2) is 8.42 Å². The molecule has 0 radical (unpaired) electrons. The third-order valence-corrected chi connectivity index (χ3v) is 5.76. The molecule has 1 atom stereocenters. The van der Waals surface area contributed by atoms with Crippen LogP contribution in [0.2, 0.25) is 0 Å². The molecular formula is C13H18ClNO2S. The molecule has 0 aliphatic carbocycles. The quantitative estimate of drug-likeness (QED) is 0.802. The van der Waals surface area contributed by atoms with Gasteiger partial charge in [0.05, 0.1) is 4.90 Å². The molecule has 5 heteroatoms. The van der Waals surface area contributed by atoms with E-state index in [0.29, 0.717) is 17.3 Å². The highest BCUT2D eigenvalue weighted by Gasteiger charge is 2.30. The first-order valence-corrected chi connectivity index (χ1v) is 8.20. The summed E-state index contributed by atoms with van der Waals surface area (Å²) in [5.41, 5.74) is 0.933. The van der Waals surface area contributed by atoms with Crippen molar-refractivity contribution in [1.82, 2.24) is 4.31 Å². The lowest BCUT2D eigenvalue weighted by atomic mass is 10.1. The number of sulfonamides is 1. The molecule has 1 aromatic carbocycles. The molecule has 0 amide bonds. The summed E-state index contributed by atoms with van der Waals surface area (Å²) in [6.07, 6.45) is 3.00. The van der Waals surface area contributed by atoms with Crippen molar-refractivity contribution >= 4 is 21.6 Å². The molecule has 2 rings (SSSR count). The van der Waals surface area contributed by atoms with Crippen LogP contribution < -0.4 is 0 Å². The molecule has 1 heterocycles. The van der Waals surface area contributed by atoms with Crippen LogP contribution in [-0.2, 0) is 15.9 Å². The van der Waals surface area contributed by atoms with Crippen molar-refractivity contribution in [3.8, 4) is 0 Å². The molecule has 0 spiro atoms. The van der Waals surface area contributed by atoms with E-state index in [-0.39, 0.29) is 6.04 Å². The van der Waals surface area contributed by atoms with Crippen LogP contribution in [0.5, 0.6) is 0 Å². The lowest BCUT2D eigenvalue weighted by molar-refractivity contribution is 0.268. The van der Waals surface area contributed by atoms with Gasteiger partial charge in [0.15, 0.2) is 0 Å². The van der Waals surface area contributed by atoms with Crippen molar-refractivity contribution in [2.75, 3.05) is 6.54 Å². The van der Waals surface area contributed by atoms with Crippen LogP contribution in [0.1, 0.15) is 31.7 Å². The van der Waals surface area contributed by atoms with Gasteiger partial charge in [-0.2, -0.15) is 4.31 Å². The van der Waals surface area contributed by atoms with Gasteiger partial charge >= 0.3 is 0 Å². The lowest BCUT2D eigenvalue weighted by Crippen LogP contribution is -2.41. The van der Waals surface area contributed by atoms with Crippen molar-refractivity contribution in [3.63, 3.8) is 0 Å². The molecule has 0 aromatic heterocycles. The number of rotatable bonds is 3. The molecule has 1 unspecified atom stereocenters. The predicted octanol–water partition coefficient (Wildman–Crippen LogP) is 2.99. The molecule has 1 saturated heterocycles. The predicted molar refractivity (Wildman–Crippen MR) is 73.2 cm³/mol. The third-order valence-electron chi connectivity index (χ3n) is 3.43. The van der Waals surface area contributed by atoms with Gasteiger partial charge in [0.2, 0.25) is 10.0 Å². The summed E-state index contributed by atoms with van der Waals surface area (Å²) in [5.74, 6) is 0.403. The number of hydrogen-bond acceptors (Lipinski definition) is 2. The van der Waals surface area contributed by atoms with E-state index in [9.17, 15) is 8.42 Å². The average Bonchev–Trinajstić information content (AvgIpc) is 2.39. The monoisotopic (exact) mass is 287 g/mol. The maximum atomic E-state index is 12.5. The fourth-order valence-corrected chi connectivity index (χ4v) is 4.19. The Labute approximate surface area is 114 Å². The molecule has 0 bridgehead atoms. The van der Waals surface area contributed by atoms with Crippen LogP contribution in [0.4, 0.5) is 0 Å². The number of nitrogens with zero attached hydrogens (tertiary/aromatic N) is 1. The first-order valence-electron chi connectivity index (χ1n) is 6.22. The topological polar surface area (TPSA) is 37.4 Å². The van der Waals surface area contributed by atoms with E-state index >= 15 is 0 Å². The second-order valence-corrected chi connectivity index (χ2v) is 6.90. The Kier molecular flexibility index (Phi) is 4.30. The van der Waals surface area contributed by atoms with E-state index in [2.05, 4.69) is 0 Å². The summed E-state index contributed by atoms with van der Waals surface area (Å²) >= 11 is 5.71. The molecule has 18 heavy (non-hydrogen) atoms. The summed E-state index contributed by atoms with van der Waals surface area (Å²) in [5, 5.41) is 0. The standard InChI is InChI=1S/C13H18ClNO2S/c1-11-4-2-3-9-15(11)18(16,17)13-7-5-12(10-14)6-8-13/h5-8,11H,2-4,9-10H2,1H3. The highest BCUT2D eigenvalue weighted by molar-refractivity contribution is 7.89. The van der Waals surface area contributed by atoms with E-state index in [0.717, 1.165) is 24.8 Å². The first kappa shape index (κ1) is 13.8. The molecule has 1 aliphatic heterocycles. The smallest absolute Gasteiger partial charge is 0.207 e. The average molecular weight is 288 g/mol. The minimum atomic E-state index is -3.35. The number of piperidine rings is 1. The van der Waals surface area contributed by atoms with Crippen LogP contribution in [0.25, 0.3) is 0 Å². The second-order valence-electron chi connectivity index (χ2n) is 4.74. The second kappa shape index (κ2) is 5.59. The minimum Gasteiger partial charge on any atom is -0.207 e. The Morgan fingerprint density at radius 2 is 1.94 bits per heavy atom. The van der Waals surface area contributed by atoms with Crippen molar-refractivity contribution < 1.29 is 8.42 Å². The summed E-state index contributed by atoms with van der Waals surface area (Å²) < 4.78 is 26.6. The van der Waals surface area contributed by atoms with Crippen LogP contribution in [0.3, 0.4) is 0 Å². The number of hydrogen-bond donors (Lipinski definition) is 0. The maximum Gasteiger partial charge on any atom is 0.243 e. The summed E-state index contributed by atoms with van der Waals surface area (Å²) in [6, 6.07) is 6.93. The zero-order valence-electron chi connectivity index (χ0n) is 10.5. The van der Waals surface area contributed by atoms with Gasteiger partial charge in [-0.3, -0.25) is 0 Å². The van der Waals surface area contributed by atoms with Gasteiger partial charge in [-0.15, -0.1) is 11.6 Å². The largest absolute Gasteiger partial charge is 0.243 e. The first-order chi connectivity index (χ1) is 8.55. The van der Waals surface area contributed by atoms with E-state index in [1.165, 1.54) is 0 Å². The van der Waals surface area contributed by atoms with Crippen molar-refractivity contribution in [2.24, 2.45) is 0 Å².